The number of halogens is 3. The van der Waals surface area contributed by atoms with Crippen LogP contribution in [0.4, 0.5) is 0 Å². The molecule has 2 aromatic rings. The lowest BCUT2D eigenvalue weighted by molar-refractivity contribution is -0.124. The lowest BCUT2D eigenvalue weighted by Crippen LogP contribution is -2.41. The standard InChI is InChI=1S/C24H23Cl2IN2O3S/c1-31-21-11-14(9-19(27)22(21)32-13-15-7-8-16(25)12-18(15)26)10-20-23(30)29(24(33)28-20)17-5-3-2-4-6-17/h7-12,17H,2-6,13H2,1H3,(H,28,33)/b20-10-. The molecule has 2 aromatic carbocycles. The summed E-state index contributed by atoms with van der Waals surface area (Å²) in [6.07, 6.45) is 7.29. The molecule has 1 amide bonds. The minimum atomic E-state index is -0.0708. The number of carbonyl (C=O) groups is 1. The molecule has 1 N–H and O–H groups in total. The van der Waals surface area contributed by atoms with E-state index in [9.17, 15) is 4.79 Å². The van der Waals surface area contributed by atoms with Crippen molar-refractivity contribution in [3.05, 3.63) is 60.8 Å². The van der Waals surface area contributed by atoms with Crippen LogP contribution in [0.3, 0.4) is 0 Å². The Bertz CT molecular complexity index is 1120. The van der Waals surface area contributed by atoms with E-state index < -0.39 is 0 Å². The van der Waals surface area contributed by atoms with Crippen LogP contribution in [0.15, 0.2) is 36.0 Å². The van der Waals surface area contributed by atoms with E-state index in [1.165, 1.54) is 6.42 Å². The maximum atomic E-state index is 13.1. The number of amides is 1. The monoisotopic (exact) mass is 616 g/mol. The molecule has 0 spiro atoms. The summed E-state index contributed by atoms with van der Waals surface area (Å²) in [5.41, 5.74) is 2.12. The molecule has 0 radical (unpaired) electrons. The van der Waals surface area contributed by atoms with Crippen molar-refractivity contribution in [3.63, 3.8) is 0 Å². The van der Waals surface area contributed by atoms with Crippen LogP contribution < -0.4 is 14.8 Å². The number of nitrogens with one attached hydrogen (secondary N) is 1. The summed E-state index contributed by atoms with van der Waals surface area (Å²) in [5, 5.41) is 4.70. The fraction of sp³-hybridized carbons (Fsp3) is 0.333. The Labute approximate surface area is 222 Å². The Balaban J connectivity index is 1.54. The topological polar surface area (TPSA) is 50.8 Å². The number of nitrogens with zero attached hydrogens (tertiary/aromatic N) is 1. The Kier molecular flexibility index (Phi) is 8.04. The predicted octanol–water partition coefficient (Wildman–Crippen LogP) is 6.58. The Morgan fingerprint density at radius 1 is 1.21 bits per heavy atom. The highest BCUT2D eigenvalue weighted by Crippen LogP contribution is 2.36. The fourth-order valence-corrected chi connectivity index (χ4v) is 5.72. The molecule has 5 nitrogen and oxygen atoms in total. The van der Waals surface area contributed by atoms with Crippen LogP contribution in [-0.4, -0.2) is 29.1 Å². The summed E-state index contributed by atoms with van der Waals surface area (Å²) < 4.78 is 12.5. The lowest BCUT2D eigenvalue weighted by atomic mass is 9.94. The highest BCUT2D eigenvalue weighted by molar-refractivity contribution is 14.1. The van der Waals surface area contributed by atoms with Crippen LogP contribution in [0, 0.1) is 3.57 Å². The van der Waals surface area contributed by atoms with Crippen molar-refractivity contribution >= 4 is 75.1 Å². The van der Waals surface area contributed by atoms with Gasteiger partial charge in [-0.05, 0) is 83.6 Å². The summed E-state index contributed by atoms with van der Waals surface area (Å²) in [4.78, 5) is 14.8. The van der Waals surface area contributed by atoms with Crippen molar-refractivity contribution in [2.24, 2.45) is 0 Å². The molecular weight excluding hydrogens is 594 g/mol. The quantitative estimate of drug-likeness (QED) is 0.226. The molecule has 0 aromatic heterocycles. The molecule has 4 rings (SSSR count). The number of hydrogen-bond donors (Lipinski definition) is 1. The number of thiocarbonyl (C=S) groups is 1. The molecule has 2 aliphatic rings. The first kappa shape index (κ1) is 24.6. The SMILES string of the molecule is COc1cc(/C=C2\NC(=S)N(C3CCCCC3)C2=O)cc(I)c1OCc1ccc(Cl)cc1Cl. The Hall–Kier alpha value is -1.55. The normalized spacial score (nSPS) is 18.1. The van der Waals surface area contributed by atoms with Crippen molar-refractivity contribution < 1.29 is 14.3 Å². The van der Waals surface area contributed by atoms with Crippen molar-refractivity contribution in [1.82, 2.24) is 10.2 Å². The van der Waals surface area contributed by atoms with Crippen LogP contribution in [0.1, 0.15) is 43.2 Å². The zero-order valence-corrected chi connectivity index (χ0v) is 22.5. The number of ether oxygens (including phenoxy) is 2. The zero-order chi connectivity index (χ0) is 23.5. The average molecular weight is 617 g/mol. The highest BCUT2D eigenvalue weighted by Gasteiger charge is 2.36. The van der Waals surface area contributed by atoms with E-state index in [1.54, 1.807) is 24.1 Å². The van der Waals surface area contributed by atoms with E-state index in [-0.39, 0.29) is 18.6 Å². The first-order valence-electron chi connectivity index (χ1n) is 10.7. The van der Waals surface area contributed by atoms with E-state index in [0.717, 1.165) is 40.4 Å². The predicted molar refractivity (Wildman–Crippen MR) is 144 cm³/mol. The van der Waals surface area contributed by atoms with Gasteiger partial charge in [0.2, 0.25) is 0 Å². The third kappa shape index (κ3) is 5.58. The van der Waals surface area contributed by atoms with Gasteiger partial charge >= 0.3 is 0 Å². The summed E-state index contributed by atoms with van der Waals surface area (Å²) in [7, 11) is 1.59. The second-order valence-corrected chi connectivity index (χ2v) is 10.4. The molecule has 1 aliphatic heterocycles. The van der Waals surface area contributed by atoms with Crippen LogP contribution in [0.5, 0.6) is 11.5 Å². The number of rotatable bonds is 6. The van der Waals surface area contributed by atoms with Gasteiger partial charge in [-0.2, -0.15) is 0 Å². The highest BCUT2D eigenvalue weighted by atomic mass is 127. The summed E-state index contributed by atoms with van der Waals surface area (Å²) in [6, 6.07) is 9.26. The largest absolute Gasteiger partial charge is 0.493 e. The Morgan fingerprint density at radius 3 is 2.67 bits per heavy atom. The van der Waals surface area contributed by atoms with Gasteiger partial charge in [-0.1, -0.05) is 48.5 Å². The van der Waals surface area contributed by atoms with Gasteiger partial charge in [0.15, 0.2) is 16.6 Å². The van der Waals surface area contributed by atoms with Crippen LogP contribution in [0.25, 0.3) is 6.08 Å². The maximum Gasteiger partial charge on any atom is 0.276 e. The Morgan fingerprint density at radius 2 is 1.97 bits per heavy atom. The molecule has 1 saturated carbocycles. The molecular formula is C24H23Cl2IN2O3S. The molecule has 0 unspecified atom stereocenters. The first-order valence-corrected chi connectivity index (χ1v) is 12.9. The number of benzene rings is 2. The molecule has 1 saturated heterocycles. The van der Waals surface area contributed by atoms with Crippen LogP contribution in [-0.2, 0) is 11.4 Å². The third-order valence-corrected chi connectivity index (χ3v) is 7.49. The third-order valence-electron chi connectivity index (χ3n) is 5.80. The summed E-state index contributed by atoms with van der Waals surface area (Å²) >= 11 is 19.9. The van der Waals surface area contributed by atoms with E-state index in [1.807, 2.05) is 24.3 Å². The molecule has 1 heterocycles. The van der Waals surface area contributed by atoms with Crippen LogP contribution in [0.2, 0.25) is 10.0 Å². The average Bonchev–Trinajstić information content (AvgIpc) is 3.07. The number of carbonyl (C=O) groups excluding carboxylic acids is 1. The van der Waals surface area contributed by atoms with E-state index in [4.69, 9.17) is 44.9 Å². The van der Waals surface area contributed by atoms with Crippen LogP contribution >= 0.6 is 58.0 Å². The minimum absolute atomic E-state index is 0.0708. The van der Waals surface area contributed by atoms with Gasteiger partial charge in [-0.15, -0.1) is 0 Å². The molecule has 2 fully saturated rings. The van der Waals surface area contributed by atoms with Crippen molar-refractivity contribution in [1.29, 1.82) is 0 Å². The van der Waals surface area contributed by atoms with Crippen molar-refractivity contribution in [2.45, 2.75) is 44.8 Å². The molecule has 1 aliphatic carbocycles. The van der Waals surface area contributed by atoms with E-state index in [0.29, 0.717) is 32.4 Å². The summed E-state index contributed by atoms with van der Waals surface area (Å²) in [5.74, 6) is 1.10. The van der Waals surface area contributed by atoms with E-state index in [2.05, 4.69) is 27.9 Å². The maximum absolute atomic E-state index is 13.1. The van der Waals surface area contributed by atoms with Gasteiger partial charge in [0, 0.05) is 21.7 Å². The van der Waals surface area contributed by atoms with Gasteiger partial charge in [-0.25, -0.2) is 0 Å². The van der Waals surface area contributed by atoms with Gasteiger partial charge in [0.05, 0.1) is 10.7 Å². The molecule has 174 valence electrons. The van der Waals surface area contributed by atoms with E-state index >= 15 is 0 Å². The van der Waals surface area contributed by atoms with Crippen molar-refractivity contribution in [2.75, 3.05) is 7.11 Å². The molecule has 9 heteroatoms. The van der Waals surface area contributed by atoms with Crippen molar-refractivity contribution in [3.8, 4) is 11.5 Å². The second-order valence-electron chi connectivity index (χ2n) is 8.01. The number of methoxy groups -OCH3 is 1. The summed E-state index contributed by atoms with van der Waals surface area (Å²) in [6.45, 7) is 0.271. The van der Waals surface area contributed by atoms with Gasteiger partial charge in [-0.3, -0.25) is 9.69 Å². The zero-order valence-electron chi connectivity index (χ0n) is 18.0. The molecule has 0 bridgehead atoms. The smallest absolute Gasteiger partial charge is 0.276 e. The lowest BCUT2D eigenvalue weighted by Gasteiger charge is -2.29. The first-order chi connectivity index (χ1) is 15.9. The number of hydrogen-bond acceptors (Lipinski definition) is 4. The fourth-order valence-electron chi connectivity index (χ4n) is 4.14. The van der Waals surface area contributed by atoms with Gasteiger partial charge < -0.3 is 14.8 Å². The second kappa shape index (κ2) is 10.8. The van der Waals surface area contributed by atoms with Gasteiger partial charge in [0.25, 0.3) is 5.91 Å². The minimum Gasteiger partial charge on any atom is -0.493 e. The molecule has 0 atom stereocenters. The molecule has 33 heavy (non-hydrogen) atoms. The van der Waals surface area contributed by atoms with Gasteiger partial charge in [0.1, 0.15) is 12.3 Å².